The van der Waals surface area contributed by atoms with Crippen molar-refractivity contribution in [3.63, 3.8) is 0 Å². The fraction of sp³-hybridized carbons (Fsp3) is 0.0833. The maximum atomic E-state index is 10.9. The molecule has 0 saturated carbocycles. The Morgan fingerprint density at radius 1 is 1.44 bits per heavy atom. The quantitative estimate of drug-likeness (QED) is 0.912. The van der Waals surface area contributed by atoms with Crippen molar-refractivity contribution < 1.29 is 14.3 Å². The first kappa shape index (κ1) is 11.0. The van der Waals surface area contributed by atoms with Crippen LogP contribution in [0, 0.1) is 6.92 Å². The maximum absolute atomic E-state index is 10.9. The van der Waals surface area contributed by atoms with Crippen LogP contribution in [-0.2, 0) is 0 Å². The molecule has 16 heavy (non-hydrogen) atoms. The zero-order chi connectivity index (χ0) is 11.7. The molecule has 3 nitrogen and oxygen atoms in total. The normalized spacial score (nSPS) is 10.4. The lowest BCUT2D eigenvalue weighted by Gasteiger charge is -2.07. The summed E-state index contributed by atoms with van der Waals surface area (Å²) in [4.78, 5) is 10.9. The Labute approximate surface area is 101 Å². The SMILES string of the molecule is Cc1cc(C(=O)O)cc(Br)c1-c1ccco1. The van der Waals surface area contributed by atoms with Crippen LogP contribution in [0.5, 0.6) is 0 Å². The summed E-state index contributed by atoms with van der Waals surface area (Å²) in [6.07, 6.45) is 1.59. The minimum atomic E-state index is -0.935. The molecule has 2 aromatic rings. The molecule has 0 spiro atoms. The lowest BCUT2D eigenvalue weighted by atomic mass is 10.0. The molecule has 82 valence electrons. The molecule has 1 N–H and O–H groups in total. The molecule has 0 saturated heterocycles. The highest BCUT2D eigenvalue weighted by atomic mass is 79.9. The van der Waals surface area contributed by atoms with Gasteiger partial charge in [0, 0.05) is 10.0 Å². The van der Waals surface area contributed by atoms with Crippen LogP contribution in [0.25, 0.3) is 11.3 Å². The van der Waals surface area contributed by atoms with E-state index in [4.69, 9.17) is 9.52 Å². The number of rotatable bonds is 2. The van der Waals surface area contributed by atoms with Crippen LogP contribution < -0.4 is 0 Å². The number of aromatic carboxylic acids is 1. The average molecular weight is 281 g/mol. The first-order valence-corrected chi connectivity index (χ1v) is 5.46. The van der Waals surface area contributed by atoms with Crippen LogP contribution in [0.2, 0.25) is 0 Å². The van der Waals surface area contributed by atoms with E-state index < -0.39 is 5.97 Å². The van der Waals surface area contributed by atoms with Crippen LogP contribution in [0.15, 0.2) is 39.4 Å². The summed E-state index contributed by atoms with van der Waals surface area (Å²) in [5.41, 5.74) is 2.01. The van der Waals surface area contributed by atoms with E-state index in [1.165, 1.54) is 0 Å². The minimum Gasteiger partial charge on any atom is -0.478 e. The highest BCUT2D eigenvalue weighted by Crippen LogP contribution is 2.32. The van der Waals surface area contributed by atoms with Crippen molar-refractivity contribution >= 4 is 21.9 Å². The average Bonchev–Trinajstić information content (AvgIpc) is 2.69. The van der Waals surface area contributed by atoms with Crippen LogP contribution in [0.1, 0.15) is 15.9 Å². The number of aryl methyl sites for hydroxylation is 1. The molecule has 4 heteroatoms. The lowest BCUT2D eigenvalue weighted by molar-refractivity contribution is 0.0696. The van der Waals surface area contributed by atoms with Gasteiger partial charge in [0.05, 0.1) is 11.8 Å². The van der Waals surface area contributed by atoms with Gasteiger partial charge in [0.25, 0.3) is 0 Å². The first-order valence-electron chi connectivity index (χ1n) is 4.67. The number of carboxylic acids is 1. The molecule has 0 aliphatic rings. The van der Waals surface area contributed by atoms with Gasteiger partial charge in [-0.1, -0.05) is 15.9 Å². The molecule has 0 fully saturated rings. The lowest BCUT2D eigenvalue weighted by Crippen LogP contribution is -1.98. The van der Waals surface area contributed by atoms with Gasteiger partial charge in [-0.2, -0.15) is 0 Å². The Bertz CT molecular complexity index is 506. The fourth-order valence-corrected chi connectivity index (χ4v) is 2.36. The Morgan fingerprint density at radius 3 is 2.69 bits per heavy atom. The number of hydrogen-bond acceptors (Lipinski definition) is 2. The maximum Gasteiger partial charge on any atom is 0.335 e. The van der Waals surface area contributed by atoms with Crippen LogP contribution >= 0.6 is 15.9 Å². The van der Waals surface area contributed by atoms with Crippen LogP contribution in [0.3, 0.4) is 0 Å². The van der Waals surface area contributed by atoms with Crippen molar-refractivity contribution in [2.75, 3.05) is 0 Å². The molecule has 0 aliphatic carbocycles. The van der Waals surface area contributed by atoms with Crippen molar-refractivity contribution in [1.29, 1.82) is 0 Å². The van der Waals surface area contributed by atoms with Crippen molar-refractivity contribution in [2.45, 2.75) is 6.92 Å². The molecule has 0 aliphatic heterocycles. The van der Waals surface area contributed by atoms with Crippen LogP contribution in [0.4, 0.5) is 0 Å². The zero-order valence-corrected chi connectivity index (χ0v) is 10.1. The molecule has 0 radical (unpaired) electrons. The summed E-state index contributed by atoms with van der Waals surface area (Å²) in [6, 6.07) is 6.85. The summed E-state index contributed by atoms with van der Waals surface area (Å²) in [7, 11) is 0. The highest BCUT2D eigenvalue weighted by molar-refractivity contribution is 9.10. The topological polar surface area (TPSA) is 50.4 Å². The van der Waals surface area contributed by atoms with Gasteiger partial charge >= 0.3 is 5.97 Å². The minimum absolute atomic E-state index is 0.264. The van der Waals surface area contributed by atoms with Gasteiger partial charge in [-0.05, 0) is 36.8 Å². The Hall–Kier alpha value is -1.55. The molecule has 0 unspecified atom stereocenters. The van der Waals surface area contributed by atoms with E-state index in [0.29, 0.717) is 0 Å². The van der Waals surface area contributed by atoms with E-state index in [0.717, 1.165) is 21.4 Å². The Kier molecular flexibility index (Phi) is 2.83. The molecule has 2 rings (SSSR count). The second-order valence-electron chi connectivity index (χ2n) is 3.43. The van der Waals surface area contributed by atoms with E-state index >= 15 is 0 Å². The third-order valence-corrected chi connectivity index (χ3v) is 2.93. The monoisotopic (exact) mass is 280 g/mol. The van der Waals surface area contributed by atoms with Crippen molar-refractivity contribution in [3.05, 3.63) is 46.1 Å². The number of furan rings is 1. The van der Waals surface area contributed by atoms with Crippen molar-refractivity contribution in [3.8, 4) is 11.3 Å². The fourth-order valence-electron chi connectivity index (χ4n) is 1.60. The van der Waals surface area contributed by atoms with E-state index in [2.05, 4.69) is 15.9 Å². The molecule has 0 amide bonds. The van der Waals surface area contributed by atoms with E-state index in [1.807, 2.05) is 13.0 Å². The molecular formula is C12H9BrO3. The summed E-state index contributed by atoms with van der Waals surface area (Å²) in [6.45, 7) is 1.86. The predicted molar refractivity (Wildman–Crippen MR) is 63.5 cm³/mol. The number of carboxylic acid groups (broad SMARTS) is 1. The molecular weight excluding hydrogens is 272 g/mol. The number of halogens is 1. The molecule has 1 aromatic heterocycles. The largest absolute Gasteiger partial charge is 0.478 e. The number of hydrogen-bond donors (Lipinski definition) is 1. The third kappa shape index (κ3) is 1.88. The van der Waals surface area contributed by atoms with Gasteiger partial charge in [0.15, 0.2) is 0 Å². The summed E-state index contributed by atoms with van der Waals surface area (Å²) >= 11 is 3.36. The van der Waals surface area contributed by atoms with Crippen molar-refractivity contribution in [1.82, 2.24) is 0 Å². The summed E-state index contributed by atoms with van der Waals surface area (Å²) in [5.74, 6) is -0.212. The predicted octanol–water partition coefficient (Wildman–Crippen LogP) is 3.72. The first-order chi connectivity index (χ1) is 7.59. The van der Waals surface area contributed by atoms with E-state index in [9.17, 15) is 4.79 Å². The third-order valence-electron chi connectivity index (χ3n) is 2.30. The summed E-state index contributed by atoms with van der Waals surface area (Å²) < 4.78 is 6.03. The smallest absolute Gasteiger partial charge is 0.335 e. The Morgan fingerprint density at radius 2 is 2.19 bits per heavy atom. The second-order valence-corrected chi connectivity index (χ2v) is 4.29. The number of benzene rings is 1. The number of carbonyl (C=O) groups is 1. The van der Waals surface area contributed by atoms with Gasteiger partial charge in [-0.25, -0.2) is 4.79 Å². The van der Waals surface area contributed by atoms with Gasteiger partial charge in [-0.15, -0.1) is 0 Å². The second kappa shape index (κ2) is 4.14. The van der Waals surface area contributed by atoms with E-state index in [-0.39, 0.29) is 5.56 Å². The van der Waals surface area contributed by atoms with Gasteiger partial charge < -0.3 is 9.52 Å². The molecule has 1 heterocycles. The molecule has 0 atom stereocenters. The van der Waals surface area contributed by atoms with Crippen molar-refractivity contribution in [2.24, 2.45) is 0 Å². The van der Waals surface area contributed by atoms with Crippen LogP contribution in [-0.4, -0.2) is 11.1 Å². The standard InChI is InChI=1S/C12H9BrO3/c1-7-5-8(12(14)15)6-9(13)11(7)10-3-2-4-16-10/h2-6H,1H3,(H,14,15). The van der Waals surface area contributed by atoms with Gasteiger partial charge in [-0.3, -0.25) is 0 Å². The highest BCUT2D eigenvalue weighted by Gasteiger charge is 2.13. The van der Waals surface area contributed by atoms with Gasteiger partial charge in [0.2, 0.25) is 0 Å². The molecule has 1 aromatic carbocycles. The Balaban J connectivity index is 2.61. The van der Waals surface area contributed by atoms with Gasteiger partial charge in [0.1, 0.15) is 5.76 Å². The zero-order valence-electron chi connectivity index (χ0n) is 8.53. The summed E-state index contributed by atoms with van der Waals surface area (Å²) in [5, 5.41) is 8.91. The molecule has 0 bridgehead atoms. The van der Waals surface area contributed by atoms with E-state index in [1.54, 1.807) is 24.5 Å².